The van der Waals surface area contributed by atoms with Crippen LogP contribution < -0.4 is 4.90 Å². The van der Waals surface area contributed by atoms with Crippen LogP contribution in [0.15, 0.2) is 18.2 Å². The summed E-state index contributed by atoms with van der Waals surface area (Å²) in [5.41, 5.74) is 0.460. The smallest absolute Gasteiger partial charge is 0.293 e. The van der Waals surface area contributed by atoms with Gasteiger partial charge in [0.25, 0.3) is 5.69 Å². The first-order valence-electron chi connectivity index (χ1n) is 7.96. The summed E-state index contributed by atoms with van der Waals surface area (Å²) in [6, 6.07) is 4.82. The normalized spacial score (nSPS) is 11.4. The fraction of sp³-hybridized carbons (Fsp3) is 0.588. The van der Waals surface area contributed by atoms with Gasteiger partial charge in [-0.2, -0.15) is 0 Å². The zero-order valence-electron chi connectivity index (χ0n) is 14.7. The number of hydrogen-bond donors (Lipinski definition) is 0. The van der Waals surface area contributed by atoms with Crippen molar-refractivity contribution in [3.05, 3.63) is 33.9 Å². The standard InChI is InChI=1S/C17H25ClN2O4/c1-5-6-10-24-12-19(15(21)11-18)16-13(17(2,3)4)8-7-9-14(16)20(22)23/h7-9H,5-6,10-12H2,1-4H3. The Morgan fingerprint density at radius 3 is 2.54 bits per heavy atom. The van der Waals surface area contributed by atoms with E-state index in [-0.39, 0.29) is 29.4 Å². The number of ether oxygens (including phenoxy) is 1. The van der Waals surface area contributed by atoms with E-state index in [1.165, 1.54) is 11.0 Å². The second-order valence-electron chi connectivity index (χ2n) is 6.53. The van der Waals surface area contributed by atoms with Crippen molar-refractivity contribution in [2.24, 2.45) is 0 Å². The minimum absolute atomic E-state index is 0.0561. The van der Waals surface area contributed by atoms with E-state index in [1.54, 1.807) is 12.1 Å². The first kappa shape index (κ1) is 20.4. The van der Waals surface area contributed by atoms with Crippen LogP contribution in [-0.4, -0.2) is 30.0 Å². The molecule has 134 valence electrons. The number of carbonyl (C=O) groups excluding carboxylic acids is 1. The highest BCUT2D eigenvalue weighted by Crippen LogP contribution is 2.39. The monoisotopic (exact) mass is 356 g/mol. The van der Waals surface area contributed by atoms with Gasteiger partial charge in [0.05, 0.1) is 4.92 Å². The molecule has 0 aromatic heterocycles. The number of alkyl halides is 1. The highest BCUT2D eigenvalue weighted by molar-refractivity contribution is 6.29. The predicted molar refractivity (Wildman–Crippen MR) is 95.7 cm³/mol. The molecule has 0 spiro atoms. The van der Waals surface area contributed by atoms with Crippen molar-refractivity contribution in [2.45, 2.75) is 46.0 Å². The van der Waals surface area contributed by atoms with Gasteiger partial charge in [-0.3, -0.25) is 19.8 Å². The molecular formula is C17H25ClN2O4. The van der Waals surface area contributed by atoms with Gasteiger partial charge in [0, 0.05) is 12.7 Å². The Morgan fingerprint density at radius 1 is 1.38 bits per heavy atom. The number of anilines is 1. The van der Waals surface area contributed by atoms with Crippen molar-refractivity contribution in [3.8, 4) is 0 Å². The maximum atomic E-state index is 12.3. The number of benzene rings is 1. The molecule has 0 aliphatic heterocycles. The lowest BCUT2D eigenvalue weighted by Gasteiger charge is -2.29. The molecule has 0 bridgehead atoms. The molecular weight excluding hydrogens is 332 g/mol. The third-order valence-electron chi connectivity index (χ3n) is 3.57. The van der Waals surface area contributed by atoms with E-state index in [9.17, 15) is 14.9 Å². The van der Waals surface area contributed by atoms with Gasteiger partial charge < -0.3 is 4.74 Å². The molecule has 1 aromatic rings. The summed E-state index contributed by atoms with van der Waals surface area (Å²) in [5, 5.41) is 11.5. The van der Waals surface area contributed by atoms with Crippen LogP contribution in [0.3, 0.4) is 0 Å². The van der Waals surface area contributed by atoms with Crippen LogP contribution in [0.1, 0.15) is 46.1 Å². The third-order valence-corrected chi connectivity index (χ3v) is 3.80. The van der Waals surface area contributed by atoms with Crippen molar-refractivity contribution in [3.63, 3.8) is 0 Å². The van der Waals surface area contributed by atoms with E-state index in [2.05, 4.69) is 0 Å². The molecule has 0 radical (unpaired) electrons. The second-order valence-corrected chi connectivity index (χ2v) is 6.79. The van der Waals surface area contributed by atoms with Crippen LogP contribution in [0.4, 0.5) is 11.4 Å². The molecule has 0 fully saturated rings. The Hall–Kier alpha value is -1.66. The molecule has 24 heavy (non-hydrogen) atoms. The average molecular weight is 357 g/mol. The van der Waals surface area contributed by atoms with Gasteiger partial charge in [0.2, 0.25) is 5.91 Å². The van der Waals surface area contributed by atoms with Gasteiger partial charge in [-0.05, 0) is 17.4 Å². The fourth-order valence-electron chi connectivity index (χ4n) is 2.30. The molecule has 0 unspecified atom stereocenters. The van der Waals surface area contributed by atoms with Crippen molar-refractivity contribution < 1.29 is 14.5 Å². The van der Waals surface area contributed by atoms with Gasteiger partial charge >= 0.3 is 0 Å². The maximum absolute atomic E-state index is 12.3. The van der Waals surface area contributed by atoms with E-state index in [4.69, 9.17) is 16.3 Å². The van der Waals surface area contributed by atoms with Crippen molar-refractivity contribution in [1.82, 2.24) is 0 Å². The van der Waals surface area contributed by atoms with Gasteiger partial charge in [-0.15, -0.1) is 11.6 Å². The van der Waals surface area contributed by atoms with E-state index in [0.29, 0.717) is 12.2 Å². The molecule has 0 saturated heterocycles. The Bertz CT molecular complexity index is 584. The number of unbranched alkanes of at least 4 members (excludes halogenated alkanes) is 1. The van der Waals surface area contributed by atoms with E-state index < -0.39 is 10.8 Å². The molecule has 0 aliphatic rings. The summed E-state index contributed by atoms with van der Waals surface area (Å²) < 4.78 is 5.54. The summed E-state index contributed by atoms with van der Waals surface area (Å²) in [7, 11) is 0. The maximum Gasteiger partial charge on any atom is 0.293 e. The Balaban J connectivity index is 3.38. The molecule has 7 heteroatoms. The van der Waals surface area contributed by atoms with Crippen LogP contribution in [0.2, 0.25) is 0 Å². The molecule has 6 nitrogen and oxygen atoms in total. The lowest BCUT2D eigenvalue weighted by atomic mass is 9.85. The average Bonchev–Trinajstić information content (AvgIpc) is 2.52. The molecule has 0 aliphatic carbocycles. The Labute approximate surface area is 147 Å². The number of nitro groups is 1. The van der Waals surface area contributed by atoms with Crippen LogP contribution in [-0.2, 0) is 14.9 Å². The number of nitro benzene ring substituents is 1. The number of nitrogens with zero attached hydrogens (tertiary/aromatic N) is 2. The summed E-state index contributed by atoms with van der Waals surface area (Å²) in [5.74, 6) is -0.694. The summed E-state index contributed by atoms with van der Waals surface area (Å²) in [4.78, 5) is 24.6. The number of carbonyl (C=O) groups is 1. The van der Waals surface area contributed by atoms with Gasteiger partial charge in [-0.1, -0.05) is 46.2 Å². The highest BCUT2D eigenvalue weighted by atomic mass is 35.5. The molecule has 1 amide bonds. The van der Waals surface area contributed by atoms with Crippen LogP contribution in [0.25, 0.3) is 0 Å². The third kappa shape index (κ3) is 5.18. The summed E-state index contributed by atoms with van der Waals surface area (Å²) in [6.45, 7) is 8.28. The number of para-hydroxylation sites is 1. The van der Waals surface area contributed by atoms with Crippen molar-refractivity contribution >= 4 is 28.9 Å². The zero-order chi connectivity index (χ0) is 18.3. The number of amides is 1. The van der Waals surface area contributed by atoms with E-state index in [1.807, 2.05) is 27.7 Å². The summed E-state index contributed by atoms with van der Waals surface area (Å²) in [6.07, 6.45) is 1.81. The first-order valence-corrected chi connectivity index (χ1v) is 8.49. The van der Waals surface area contributed by atoms with Crippen LogP contribution in [0, 0.1) is 10.1 Å². The van der Waals surface area contributed by atoms with Crippen LogP contribution in [0.5, 0.6) is 0 Å². The van der Waals surface area contributed by atoms with Crippen molar-refractivity contribution in [1.29, 1.82) is 0 Å². The number of halogens is 1. The van der Waals surface area contributed by atoms with Crippen LogP contribution >= 0.6 is 11.6 Å². The highest BCUT2D eigenvalue weighted by Gasteiger charge is 2.31. The second kappa shape index (κ2) is 8.99. The molecule has 1 rings (SSSR count). The number of rotatable bonds is 8. The van der Waals surface area contributed by atoms with Crippen molar-refractivity contribution in [2.75, 3.05) is 24.1 Å². The lowest BCUT2D eigenvalue weighted by molar-refractivity contribution is -0.384. The topological polar surface area (TPSA) is 72.7 Å². The largest absolute Gasteiger partial charge is 0.361 e. The SMILES string of the molecule is CCCCOCN(C(=O)CCl)c1c([N+](=O)[O-])cccc1C(C)(C)C. The van der Waals surface area contributed by atoms with Gasteiger partial charge in [-0.25, -0.2) is 0 Å². The Kier molecular flexibility index (Phi) is 7.63. The predicted octanol–water partition coefficient (Wildman–Crippen LogP) is 4.24. The quantitative estimate of drug-likeness (QED) is 0.229. The van der Waals surface area contributed by atoms with E-state index in [0.717, 1.165) is 12.8 Å². The molecule has 0 atom stereocenters. The first-order chi connectivity index (χ1) is 11.2. The minimum atomic E-state index is -0.481. The van der Waals surface area contributed by atoms with E-state index >= 15 is 0 Å². The molecule has 0 N–H and O–H groups in total. The minimum Gasteiger partial charge on any atom is -0.361 e. The van der Waals surface area contributed by atoms with Gasteiger partial charge in [0.15, 0.2) is 0 Å². The lowest BCUT2D eigenvalue weighted by Crippen LogP contribution is -2.36. The Morgan fingerprint density at radius 2 is 2.04 bits per heavy atom. The summed E-state index contributed by atoms with van der Waals surface area (Å²) >= 11 is 5.72. The molecule has 1 aromatic carbocycles. The molecule has 0 heterocycles. The number of hydrogen-bond acceptors (Lipinski definition) is 4. The fourth-order valence-corrected chi connectivity index (χ4v) is 2.45. The zero-order valence-corrected chi connectivity index (χ0v) is 15.4. The van der Waals surface area contributed by atoms with Gasteiger partial charge in [0.1, 0.15) is 18.3 Å². The molecule has 0 saturated carbocycles.